The molecule has 0 bridgehead atoms. The van der Waals surface area contributed by atoms with Crippen molar-refractivity contribution in [2.75, 3.05) is 13.7 Å². The predicted octanol–water partition coefficient (Wildman–Crippen LogP) is 4.05. The molecule has 0 saturated heterocycles. The van der Waals surface area contributed by atoms with Gasteiger partial charge in [0.15, 0.2) is 12.6 Å². The van der Waals surface area contributed by atoms with E-state index in [2.05, 4.69) is 32.7 Å². The molecule has 9 heteroatoms. The van der Waals surface area contributed by atoms with E-state index >= 15 is 0 Å². The number of rotatable bonds is 8. The molecule has 0 unspecified atom stereocenters. The highest BCUT2D eigenvalue weighted by Crippen LogP contribution is 2.23. The number of guanidine groups is 1. The zero-order chi connectivity index (χ0) is 23.0. The summed E-state index contributed by atoms with van der Waals surface area (Å²) < 4.78 is 44.7. The Morgan fingerprint density at radius 1 is 1.09 bits per heavy atom. The number of benzene rings is 2. The number of hydrogen-bond donors (Lipinski definition) is 2. The van der Waals surface area contributed by atoms with E-state index in [1.54, 1.807) is 38.6 Å². The molecule has 1 heterocycles. The highest BCUT2D eigenvalue weighted by Gasteiger charge is 2.28. The van der Waals surface area contributed by atoms with Crippen LogP contribution in [0.2, 0.25) is 0 Å². The van der Waals surface area contributed by atoms with Crippen LogP contribution < -0.4 is 15.4 Å². The molecule has 0 fully saturated rings. The normalized spacial score (nSPS) is 12.0. The Hall–Kier alpha value is -3.49. The number of aryl methyl sites for hydroxylation is 1. The smallest absolute Gasteiger partial charge is 0.422 e. The van der Waals surface area contributed by atoms with E-state index in [0.29, 0.717) is 18.1 Å². The number of halogens is 3. The number of aromatic nitrogens is 2. The van der Waals surface area contributed by atoms with Crippen LogP contribution in [0.5, 0.6) is 5.75 Å². The second-order valence-corrected chi connectivity index (χ2v) is 7.35. The number of nitrogens with one attached hydrogen (secondary N) is 2. The van der Waals surface area contributed by atoms with E-state index in [-0.39, 0.29) is 12.3 Å². The van der Waals surface area contributed by atoms with Gasteiger partial charge in [0.1, 0.15) is 5.75 Å². The monoisotopic (exact) mass is 445 g/mol. The molecule has 0 radical (unpaired) electrons. The number of alkyl halides is 3. The van der Waals surface area contributed by atoms with Crippen LogP contribution in [0.15, 0.2) is 66.2 Å². The van der Waals surface area contributed by atoms with Gasteiger partial charge in [0, 0.05) is 44.6 Å². The molecule has 0 atom stereocenters. The molecule has 0 aliphatic heterocycles. The van der Waals surface area contributed by atoms with Crippen molar-refractivity contribution in [3.63, 3.8) is 0 Å². The predicted molar refractivity (Wildman–Crippen MR) is 118 cm³/mol. The van der Waals surface area contributed by atoms with Gasteiger partial charge in [-0.1, -0.05) is 36.4 Å². The highest BCUT2D eigenvalue weighted by atomic mass is 19.4. The lowest BCUT2D eigenvalue weighted by Gasteiger charge is -2.16. The first-order valence-corrected chi connectivity index (χ1v) is 10.1. The Kier molecular flexibility index (Phi) is 7.75. The fourth-order valence-corrected chi connectivity index (χ4v) is 3.12. The van der Waals surface area contributed by atoms with Crippen molar-refractivity contribution in [1.29, 1.82) is 0 Å². The Morgan fingerprint density at radius 2 is 1.88 bits per heavy atom. The standard InChI is InChI=1S/C23H26F3N5O/c1-17-6-7-20(21(10-17)32-15-23(24,25)26)13-30-22(27-2)29-12-18-4-3-5-19(11-18)14-31-9-8-28-16-31/h3-11,16H,12-15H2,1-2H3,(H2,27,29,30). The zero-order valence-electron chi connectivity index (χ0n) is 18.0. The minimum atomic E-state index is -4.39. The van der Waals surface area contributed by atoms with Gasteiger partial charge in [-0.05, 0) is 29.7 Å². The summed E-state index contributed by atoms with van der Waals surface area (Å²) in [6, 6.07) is 13.3. The summed E-state index contributed by atoms with van der Waals surface area (Å²) in [7, 11) is 1.64. The van der Waals surface area contributed by atoms with Gasteiger partial charge in [-0.3, -0.25) is 4.99 Å². The van der Waals surface area contributed by atoms with Crippen molar-refractivity contribution in [1.82, 2.24) is 20.2 Å². The van der Waals surface area contributed by atoms with E-state index in [9.17, 15) is 13.2 Å². The molecule has 0 saturated carbocycles. The summed E-state index contributed by atoms with van der Waals surface area (Å²) in [6.45, 7) is 2.02. The van der Waals surface area contributed by atoms with Crippen molar-refractivity contribution < 1.29 is 17.9 Å². The first-order valence-electron chi connectivity index (χ1n) is 10.1. The maximum absolute atomic E-state index is 12.6. The van der Waals surface area contributed by atoms with E-state index in [1.807, 2.05) is 29.0 Å². The molecular weight excluding hydrogens is 419 g/mol. The lowest BCUT2D eigenvalue weighted by atomic mass is 10.1. The molecule has 2 aromatic carbocycles. The fourth-order valence-electron chi connectivity index (χ4n) is 3.12. The summed E-state index contributed by atoms with van der Waals surface area (Å²) in [5, 5.41) is 6.36. The highest BCUT2D eigenvalue weighted by molar-refractivity contribution is 5.79. The maximum atomic E-state index is 12.6. The number of aliphatic imine (C=N–C) groups is 1. The van der Waals surface area contributed by atoms with Gasteiger partial charge in [0.25, 0.3) is 0 Å². The summed E-state index contributed by atoms with van der Waals surface area (Å²) >= 11 is 0. The molecule has 3 aromatic rings. The van der Waals surface area contributed by atoms with Crippen molar-refractivity contribution in [2.45, 2.75) is 32.7 Å². The van der Waals surface area contributed by atoms with E-state index in [0.717, 1.165) is 23.2 Å². The van der Waals surface area contributed by atoms with Crippen LogP contribution in [0.25, 0.3) is 0 Å². The Labute approximate surface area is 185 Å². The van der Waals surface area contributed by atoms with Crippen molar-refractivity contribution >= 4 is 5.96 Å². The second-order valence-electron chi connectivity index (χ2n) is 7.35. The van der Waals surface area contributed by atoms with Gasteiger partial charge in [-0.25, -0.2) is 4.98 Å². The molecular formula is C23H26F3N5O. The third-order valence-corrected chi connectivity index (χ3v) is 4.66. The average Bonchev–Trinajstić information content (AvgIpc) is 3.26. The van der Waals surface area contributed by atoms with Crippen molar-refractivity contribution in [2.24, 2.45) is 4.99 Å². The average molecular weight is 445 g/mol. The molecule has 3 rings (SSSR count). The van der Waals surface area contributed by atoms with Crippen LogP contribution in [0, 0.1) is 6.92 Å². The quantitative estimate of drug-likeness (QED) is 0.406. The number of hydrogen-bond acceptors (Lipinski definition) is 3. The molecule has 0 aliphatic rings. The fraction of sp³-hybridized carbons (Fsp3) is 0.304. The van der Waals surface area contributed by atoms with Gasteiger partial charge in [-0.2, -0.15) is 13.2 Å². The molecule has 6 nitrogen and oxygen atoms in total. The maximum Gasteiger partial charge on any atom is 0.422 e. The van der Waals surface area contributed by atoms with Gasteiger partial charge < -0.3 is 19.9 Å². The number of ether oxygens (including phenoxy) is 1. The van der Waals surface area contributed by atoms with E-state index < -0.39 is 12.8 Å². The van der Waals surface area contributed by atoms with Crippen molar-refractivity contribution in [3.05, 3.63) is 83.4 Å². The molecule has 0 aliphatic carbocycles. The van der Waals surface area contributed by atoms with Crippen LogP contribution in [-0.4, -0.2) is 35.3 Å². The first-order chi connectivity index (χ1) is 15.3. The lowest BCUT2D eigenvalue weighted by molar-refractivity contribution is -0.153. The lowest BCUT2D eigenvalue weighted by Crippen LogP contribution is -2.36. The Bertz CT molecular complexity index is 1030. The van der Waals surface area contributed by atoms with Crippen LogP contribution >= 0.6 is 0 Å². The van der Waals surface area contributed by atoms with Crippen LogP contribution in [0.4, 0.5) is 13.2 Å². The van der Waals surface area contributed by atoms with Crippen molar-refractivity contribution in [3.8, 4) is 5.75 Å². The van der Waals surface area contributed by atoms with Crippen LogP contribution in [0.1, 0.15) is 22.3 Å². The van der Waals surface area contributed by atoms with Gasteiger partial charge >= 0.3 is 6.18 Å². The summed E-state index contributed by atoms with van der Waals surface area (Å²) in [6.07, 6.45) is 1.04. The summed E-state index contributed by atoms with van der Waals surface area (Å²) in [5.74, 6) is 0.741. The molecule has 170 valence electrons. The molecule has 32 heavy (non-hydrogen) atoms. The summed E-state index contributed by atoms with van der Waals surface area (Å²) in [5.41, 5.74) is 3.67. The number of nitrogens with zero attached hydrogens (tertiary/aromatic N) is 3. The molecule has 0 amide bonds. The Morgan fingerprint density at radius 3 is 2.59 bits per heavy atom. The topological polar surface area (TPSA) is 63.5 Å². The number of imidazole rings is 1. The largest absolute Gasteiger partial charge is 0.484 e. The summed E-state index contributed by atoms with van der Waals surface area (Å²) in [4.78, 5) is 8.25. The van der Waals surface area contributed by atoms with Crippen LogP contribution in [-0.2, 0) is 19.6 Å². The SMILES string of the molecule is CN=C(NCc1cccc(Cn2ccnc2)c1)NCc1ccc(C)cc1OCC(F)(F)F. The minimum Gasteiger partial charge on any atom is -0.484 e. The van der Waals surface area contributed by atoms with Gasteiger partial charge in [-0.15, -0.1) is 0 Å². The Balaban J connectivity index is 1.57. The third-order valence-electron chi connectivity index (χ3n) is 4.66. The zero-order valence-corrected chi connectivity index (χ0v) is 18.0. The minimum absolute atomic E-state index is 0.206. The van der Waals surface area contributed by atoms with Gasteiger partial charge in [0.2, 0.25) is 0 Å². The third kappa shape index (κ3) is 7.33. The first kappa shape index (κ1) is 23.2. The second kappa shape index (κ2) is 10.7. The van der Waals surface area contributed by atoms with Gasteiger partial charge in [0.05, 0.1) is 6.33 Å². The van der Waals surface area contributed by atoms with Crippen LogP contribution in [0.3, 0.4) is 0 Å². The molecule has 1 aromatic heterocycles. The molecule has 0 spiro atoms. The molecule has 2 N–H and O–H groups in total. The van der Waals surface area contributed by atoms with E-state index in [4.69, 9.17) is 4.74 Å². The van der Waals surface area contributed by atoms with E-state index in [1.165, 1.54) is 0 Å².